The molecule has 0 spiro atoms. The van der Waals surface area contributed by atoms with Crippen LogP contribution in [0.15, 0.2) is 24.5 Å². The molecule has 1 atom stereocenters. The van der Waals surface area contributed by atoms with Crippen molar-refractivity contribution in [2.45, 2.75) is 32.1 Å². The first kappa shape index (κ1) is 23.0. The number of pyridine rings is 1. The summed E-state index contributed by atoms with van der Waals surface area (Å²) in [5, 5.41) is 18.1. The highest BCUT2D eigenvalue weighted by atomic mass is 16.4. The van der Waals surface area contributed by atoms with Gasteiger partial charge in [0.15, 0.2) is 0 Å². The quantitative estimate of drug-likeness (QED) is 0.602. The van der Waals surface area contributed by atoms with Crippen LogP contribution < -0.4 is 4.90 Å². The van der Waals surface area contributed by atoms with Gasteiger partial charge in [0.25, 0.3) is 0 Å². The van der Waals surface area contributed by atoms with Gasteiger partial charge in [-0.1, -0.05) is 0 Å². The number of carboxylic acid groups (broad SMARTS) is 2. The fourth-order valence-corrected chi connectivity index (χ4v) is 4.67. The molecule has 9 nitrogen and oxygen atoms in total. The molecule has 1 unspecified atom stereocenters. The van der Waals surface area contributed by atoms with Crippen LogP contribution >= 0.6 is 0 Å². The second-order valence-corrected chi connectivity index (χ2v) is 8.48. The largest absolute Gasteiger partial charge is 0.481 e. The van der Waals surface area contributed by atoms with Gasteiger partial charge in [0.1, 0.15) is 0 Å². The number of anilines is 1. The molecule has 3 rings (SSSR count). The Hall–Kier alpha value is -2.68. The number of hydrogen-bond acceptors (Lipinski definition) is 6. The second kappa shape index (κ2) is 11.1. The van der Waals surface area contributed by atoms with Crippen LogP contribution in [0, 0.1) is 11.8 Å². The molecule has 9 heteroatoms. The van der Waals surface area contributed by atoms with Crippen molar-refractivity contribution in [3.63, 3.8) is 0 Å². The van der Waals surface area contributed by atoms with Crippen LogP contribution in [0.4, 0.5) is 5.69 Å². The number of likely N-dealkylation sites (tertiary alicyclic amines) is 1. The molecule has 1 aromatic heterocycles. The SMILES string of the molecule is O=C(O)CCC(CC(=O)O)C1CCN(C(=O)CN2CCN(c3ccncc3)CC2)CC1. The lowest BCUT2D eigenvalue weighted by molar-refractivity contribution is -0.141. The van der Waals surface area contributed by atoms with Crippen LogP contribution in [0.2, 0.25) is 0 Å². The van der Waals surface area contributed by atoms with Crippen molar-refractivity contribution in [1.82, 2.24) is 14.8 Å². The first-order chi connectivity index (χ1) is 14.9. The van der Waals surface area contributed by atoms with E-state index in [2.05, 4.69) is 14.8 Å². The van der Waals surface area contributed by atoms with Gasteiger partial charge in [-0.15, -0.1) is 0 Å². The Morgan fingerprint density at radius 3 is 2.19 bits per heavy atom. The molecule has 1 aromatic rings. The molecular weight excluding hydrogens is 400 g/mol. The number of aliphatic carboxylic acids is 2. The Morgan fingerprint density at radius 2 is 1.61 bits per heavy atom. The Morgan fingerprint density at radius 1 is 0.968 bits per heavy atom. The van der Waals surface area contributed by atoms with E-state index in [-0.39, 0.29) is 30.6 Å². The maximum atomic E-state index is 12.8. The standard InChI is InChI=1S/C22H32N4O5/c27-20(16-24-11-13-25(14-12-24)19-3-7-23-8-4-19)26-9-5-17(6-10-26)18(15-22(30)31)1-2-21(28)29/h3-4,7-8,17-18H,1-2,5-6,9-16H2,(H,28,29)(H,30,31). The van der Waals surface area contributed by atoms with Crippen molar-refractivity contribution in [3.8, 4) is 0 Å². The smallest absolute Gasteiger partial charge is 0.303 e. The van der Waals surface area contributed by atoms with Crippen LogP contribution in [0.1, 0.15) is 32.1 Å². The van der Waals surface area contributed by atoms with Crippen LogP contribution in [0.25, 0.3) is 0 Å². The highest BCUT2D eigenvalue weighted by Crippen LogP contribution is 2.31. The Labute approximate surface area is 182 Å². The molecule has 170 valence electrons. The summed E-state index contributed by atoms with van der Waals surface area (Å²) in [6.45, 7) is 5.06. The van der Waals surface area contributed by atoms with Gasteiger partial charge in [0.2, 0.25) is 5.91 Å². The summed E-state index contributed by atoms with van der Waals surface area (Å²) < 4.78 is 0. The normalized spacial score (nSPS) is 19.2. The predicted octanol–water partition coefficient (Wildman–Crippen LogP) is 1.40. The van der Waals surface area contributed by atoms with Gasteiger partial charge in [0.05, 0.1) is 6.54 Å². The number of rotatable bonds is 9. The number of piperazine rings is 1. The molecule has 2 aliphatic rings. The summed E-state index contributed by atoms with van der Waals surface area (Å²) in [5.74, 6) is -1.65. The summed E-state index contributed by atoms with van der Waals surface area (Å²) >= 11 is 0. The molecule has 31 heavy (non-hydrogen) atoms. The van der Waals surface area contributed by atoms with Gasteiger partial charge in [-0.25, -0.2) is 0 Å². The Kier molecular flexibility index (Phi) is 8.22. The number of carbonyl (C=O) groups is 3. The zero-order valence-electron chi connectivity index (χ0n) is 17.9. The van der Waals surface area contributed by atoms with E-state index in [0.717, 1.165) is 44.7 Å². The summed E-state index contributed by atoms with van der Waals surface area (Å²) in [7, 11) is 0. The second-order valence-electron chi connectivity index (χ2n) is 8.48. The zero-order valence-corrected chi connectivity index (χ0v) is 17.9. The maximum Gasteiger partial charge on any atom is 0.303 e. The third-order valence-electron chi connectivity index (χ3n) is 6.48. The first-order valence-corrected chi connectivity index (χ1v) is 11.0. The molecule has 0 saturated carbocycles. The molecule has 2 saturated heterocycles. The van der Waals surface area contributed by atoms with Crippen LogP contribution in [-0.4, -0.2) is 88.7 Å². The highest BCUT2D eigenvalue weighted by Gasteiger charge is 2.31. The monoisotopic (exact) mass is 432 g/mol. The fourth-order valence-electron chi connectivity index (χ4n) is 4.67. The van der Waals surface area contributed by atoms with Gasteiger partial charge in [-0.2, -0.15) is 0 Å². The maximum absolute atomic E-state index is 12.8. The number of amides is 1. The molecule has 0 radical (unpaired) electrons. The topological polar surface area (TPSA) is 114 Å². The van der Waals surface area contributed by atoms with Crippen molar-refractivity contribution >= 4 is 23.5 Å². The molecule has 0 bridgehead atoms. The number of carbonyl (C=O) groups excluding carboxylic acids is 1. The van der Waals surface area contributed by atoms with E-state index >= 15 is 0 Å². The first-order valence-electron chi connectivity index (χ1n) is 11.0. The number of hydrogen-bond donors (Lipinski definition) is 2. The lowest BCUT2D eigenvalue weighted by atomic mass is 9.79. The third-order valence-corrected chi connectivity index (χ3v) is 6.48. The van der Waals surface area contributed by atoms with E-state index in [1.807, 2.05) is 17.0 Å². The van der Waals surface area contributed by atoms with Gasteiger partial charge in [-0.3, -0.25) is 24.3 Å². The highest BCUT2D eigenvalue weighted by molar-refractivity contribution is 5.78. The summed E-state index contributed by atoms with van der Waals surface area (Å²) in [4.78, 5) is 45.3. The van der Waals surface area contributed by atoms with E-state index in [9.17, 15) is 14.4 Å². The zero-order chi connectivity index (χ0) is 22.2. The average Bonchev–Trinajstić information content (AvgIpc) is 2.77. The molecule has 2 N–H and O–H groups in total. The summed E-state index contributed by atoms with van der Waals surface area (Å²) in [6.07, 6.45) is 5.41. The molecule has 0 aliphatic carbocycles. The molecule has 0 aromatic carbocycles. The van der Waals surface area contributed by atoms with Crippen molar-refractivity contribution in [2.75, 3.05) is 50.7 Å². The summed E-state index contributed by atoms with van der Waals surface area (Å²) in [5.41, 5.74) is 1.15. The molecule has 3 heterocycles. The lowest BCUT2D eigenvalue weighted by Crippen LogP contribution is -2.51. The van der Waals surface area contributed by atoms with Crippen LogP contribution in [-0.2, 0) is 14.4 Å². The van der Waals surface area contributed by atoms with Crippen molar-refractivity contribution < 1.29 is 24.6 Å². The summed E-state index contributed by atoms with van der Waals surface area (Å²) in [6, 6.07) is 4.00. The molecule has 2 fully saturated rings. The van der Waals surface area contributed by atoms with E-state index in [1.54, 1.807) is 12.4 Å². The van der Waals surface area contributed by atoms with E-state index in [1.165, 1.54) is 0 Å². The lowest BCUT2D eigenvalue weighted by Gasteiger charge is -2.39. The fraction of sp³-hybridized carbons (Fsp3) is 0.636. The number of aromatic nitrogens is 1. The van der Waals surface area contributed by atoms with E-state index in [0.29, 0.717) is 26.1 Å². The van der Waals surface area contributed by atoms with E-state index in [4.69, 9.17) is 10.2 Å². The number of nitrogens with zero attached hydrogens (tertiary/aromatic N) is 4. The number of carboxylic acids is 2. The van der Waals surface area contributed by atoms with E-state index < -0.39 is 11.9 Å². The minimum absolute atomic E-state index is 0.00630. The van der Waals surface area contributed by atoms with Crippen molar-refractivity contribution in [3.05, 3.63) is 24.5 Å². The molecule has 1 amide bonds. The Balaban J connectivity index is 1.42. The molecule has 2 aliphatic heterocycles. The van der Waals surface area contributed by atoms with Crippen molar-refractivity contribution in [2.24, 2.45) is 11.8 Å². The van der Waals surface area contributed by atoms with Gasteiger partial charge in [-0.05, 0) is 43.2 Å². The third kappa shape index (κ3) is 6.92. The predicted molar refractivity (Wildman–Crippen MR) is 115 cm³/mol. The van der Waals surface area contributed by atoms with Gasteiger partial charge >= 0.3 is 11.9 Å². The number of piperidine rings is 1. The van der Waals surface area contributed by atoms with Crippen LogP contribution in [0.5, 0.6) is 0 Å². The van der Waals surface area contributed by atoms with Crippen LogP contribution in [0.3, 0.4) is 0 Å². The molecular formula is C22H32N4O5. The Bertz CT molecular complexity index is 744. The average molecular weight is 433 g/mol. The van der Waals surface area contributed by atoms with Gasteiger partial charge < -0.3 is 20.0 Å². The minimum Gasteiger partial charge on any atom is -0.481 e. The van der Waals surface area contributed by atoms with Crippen molar-refractivity contribution in [1.29, 1.82) is 0 Å². The van der Waals surface area contributed by atoms with Gasteiger partial charge in [0, 0.05) is 70.2 Å². The minimum atomic E-state index is -0.896.